The fourth-order valence-corrected chi connectivity index (χ4v) is 3.60. The molecule has 2 aromatic carbocycles. The number of benzene rings is 2. The second kappa shape index (κ2) is 9.13. The molecule has 30 heavy (non-hydrogen) atoms. The van der Waals surface area contributed by atoms with E-state index in [1.54, 1.807) is 13.2 Å². The molecule has 0 bridgehead atoms. The number of hydrogen-bond acceptors (Lipinski definition) is 5. The van der Waals surface area contributed by atoms with Gasteiger partial charge in [-0.1, -0.05) is 31.2 Å². The third kappa shape index (κ3) is 4.39. The Kier molecular flexibility index (Phi) is 6.14. The first kappa shape index (κ1) is 20.2. The number of rotatable bonds is 6. The van der Waals surface area contributed by atoms with Crippen LogP contribution in [0.5, 0.6) is 5.75 Å². The quantitative estimate of drug-likeness (QED) is 0.668. The van der Waals surface area contributed by atoms with Gasteiger partial charge in [0.05, 0.1) is 18.9 Å². The Hall–Kier alpha value is -3.12. The molecule has 0 saturated carbocycles. The standard InChI is InChI=1S/C24H26N2O4/c1-3-16-7-4-9-18(13-16)26-24-20(23(27)25-15-19-10-6-12-29-19)14-17-8-5-11-21(28-2)22(17)30-24/h4-5,7-9,11,13-14,19H,3,6,10,12,15H2,1-2H3,(H,25,27)/t19-/m0/s1. The molecule has 1 N–H and O–H groups in total. The monoisotopic (exact) mass is 406 g/mol. The Morgan fingerprint density at radius 2 is 2.10 bits per heavy atom. The van der Waals surface area contributed by atoms with Gasteiger partial charge in [-0.05, 0) is 49.1 Å². The fourth-order valence-electron chi connectivity index (χ4n) is 3.60. The second-order valence-electron chi connectivity index (χ2n) is 7.32. The van der Waals surface area contributed by atoms with E-state index in [0.717, 1.165) is 36.9 Å². The van der Waals surface area contributed by atoms with Crippen molar-refractivity contribution in [2.24, 2.45) is 4.99 Å². The molecule has 1 atom stereocenters. The molecule has 0 spiro atoms. The summed E-state index contributed by atoms with van der Waals surface area (Å²) in [5.74, 6) is 0.363. The lowest BCUT2D eigenvalue weighted by Gasteiger charge is -2.12. The van der Waals surface area contributed by atoms with E-state index in [0.29, 0.717) is 23.4 Å². The minimum atomic E-state index is -0.232. The van der Waals surface area contributed by atoms with Gasteiger partial charge in [-0.2, -0.15) is 0 Å². The summed E-state index contributed by atoms with van der Waals surface area (Å²) in [5.41, 5.74) is 3.10. The summed E-state index contributed by atoms with van der Waals surface area (Å²) in [6, 6.07) is 15.3. The van der Waals surface area contributed by atoms with E-state index in [1.165, 1.54) is 5.56 Å². The number of ether oxygens (including phenoxy) is 2. The fraction of sp³-hybridized carbons (Fsp3) is 0.333. The van der Waals surface area contributed by atoms with Gasteiger partial charge in [-0.15, -0.1) is 0 Å². The van der Waals surface area contributed by atoms with Gasteiger partial charge in [-0.3, -0.25) is 4.79 Å². The van der Waals surface area contributed by atoms with Crippen molar-refractivity contribution >= 4 is 22.6 Å². The predicted molar refractivity (Wildman–Crippen MR) is 115 cm³/mol. The zero-order valence-electron chi connectivity index (χ0n) is 17.3. The van der Waals surface area contributed by atoms with Gasteiger partial charge >= 0.3 is 0 Å². The Labute approximate surface area is 175 Å². The number of para-hydroxylation sites is 1. The third-order valence-corrected chi connectivity index (χ3v) is 5.27. The third-order valence-electron chi connectivity index (χ3n) is 5.27. The van der Waals surface area contributed by atoms with Crippen molar-refractivity contribution in [2.75, 3.05) is 20.3 Å². The molecule has 0 radical (unpaired) electrons. The number of amides is 1. The molecule has 1 saturated heterocycles. The molecule has 0 aliphatic carbocycles. The van der Waals surface area contributed by atoms with Gasteiger partial charge in [0.2, 0.25) is 5.55 Å². The summed E-state index contributed by atoms with van der Waals surface area (Å²) in [6.45, 7) is 3.31. The smallest absolute Gasteiger partial charge is 0.256 e. The van der Waals surface area contributed by atoms with Gasteiger partial charge in [0, 0.05) is 18.5 Å². The molecule has 1 aromatic heterocycles. The van der Waals surface area contributed by atoms with Crippen LogP contribution in [-0.4, -0.2) is 32.3 Å². The van der Waals surface area contributed by atoms with E-state index < -0.39 is 0 Å². The molecule has 1 aliphatic heterocycles. The highest BCUT2D eigenvalue weighted by Crippen LogP contribution is 2.25. The number of nitrogens with one attached hydrogen (secondary N) is 1. The lowest BCUT2D eigenvalue weighted by molar-refractivity contribution is 0.0854. The normalized spacial score (nSPS) is 16.7. The van der Waals surface area contributed by atoms with Crippen LogP contribution >= 0.6 is 0 Å². The molecule has 1 aliphatic rings. The van der Waals surface area contributed by atoms with Crippen LogP contribution in [0.4, 0.5) is 5.69 Å². The second-order valence-corrected chi connectivity index (χ2v) is 7.32. The van der Waals surface area contributed by atoms with E-state index in [-0.39, 0.29) is 17.6 Å². The van der Waals surface area contributed by atoms with Gasteiger partial charge < -0.3 is 19.2 Å². The van der Waals surface area contributed by atoms with Crippen molar-refractivity contribution in [3.63, 3.8) is 0 Å². The first-order valence-corrected chi connectivity index (χ1v) is 10.3. The van der Waals surface area contributed by atoms with Crippen LogP contribution in [0, 0.1) is 0 Å². The van der Waals surface area contributed by atoms with Gasteiger partial charge in [0.15, 0.2) is 11.3 Å². The number of carbonyl (C=O) groups is 1. The molecule has 1 fully saturated rings. The van der Waals surface area contributed by atoms with Crippen molar-refractivity contribution in [3.8, 4) is 5.75 Å². The van der Waals surface area contributed by atoms with Crippen LogP contribution in [0.1, 0.15) is 35.7 Å². The summed E-state index contributed by atoms with van der Waals surface area (Å²) in [7, 11) is 1.59. The van der Waals surface area contributed by atoms with Crippen LogP contribution in [0.25, 0.3) is 11.0 Å². The molecule has 156 valence electrons. The number of carbonyl (C=O) groups excluding carboxylic acids is 1. The van der Waals surface area contributed by atoms with Crippen LogP contribution in [-0.2, 0) is 11.2 Å². The molecule has 0 unspecified atom stereocenters. The number of aryl methyl sites for hydroxylation is 1. The predicted octanol–water partition coefficient (Wildman–Crippen LogP) is 4.15. The Bertz CT molecular complexity index is 1110. The number of hydrogen-bond donors (Lipinski definition) is 1. The van der Waals surface area contributed by atoms with Crippen molar-refractivity contribution in [1.82, 2.24) is 5.32 Å². The molecule has 2 heterocycles. The maximum atomic E-state index is 13.0. The highest BCUT2D eigenvalue weighted by Gasteiger charge is 2.19. The summed E-state index contributed by atoms with van der Waals surface area (Å²) in [5, 5.41) is 3.74. The Morgan fingerprint density at radius 3 is 2.87 bits per heavy atom. The number of methoxy groups -OCH3 is 1. The Balaban J connectivity index is 1.78. The minimum absolute atomic E-state index is 0.0630. The zero-order chi connectivity index (χ0) is 20.9. The van der Waals surface area contributed by atoms with E-state index in [2.05, 4.69) is 23.3 Å². The average molecular weight is 406 g/mol. The van der Waals surface area contributed by atoms with E-state index in [4.69, 9.17) is 13.9 Å². The van der Waals surface area contributed by atoms with Crippen molar-refractivity contribution in [1.29, 1.82) is 0 Å². The van der Waals surface area contributed by atoms with Gasteiger partial charge in [0.25, 0.3) is 5.91 Å². The van der Waals surface area contributed by atoms with Crippen molar-refractivity contribution in [3.05, 3.63) is 65.2 Å². The van der Waals surface area contributed by atoms with Crippen LogP contribution in [0.2, 0.25) is 0 Å². The van der Waals surface area contributed by atoms with E-state index in [1.807, 2.05) is 36.4 Å². The topological polar surface area (TPSA) is 73.1 Å². The summed E-state index contributed by atoms with van der Waals surface area (Å²) >= 11 is 0. The first-order valence-electron chi connectivity index (χ1n) is 10.3. The summed E-state index contributed by atoms with van der Waals surface area (Å²) < 4.78 is 17.1. The zero-order valence-corrected chi connectivity index (χ0v) is 17.3. The Morgan fingerprint density at radius 1 is 1.23 bits per heavy atom. The molecule has 6 nitrogen and oxygen atoms in total. The summed E-state index contributed by atoms with van der Waals surface area (Å²) in [6.07, 6.45) is 2.95. The molecular formula is C24H26N2O4. The molecule has 1 amide bonds. The SMILES string of the molecule is CCc1cccc(N=c2oc3c(OC)cccc3cc2C(=O)NC[C@@H]2CCCO2)c1. The maximum Gasteiger partial charge on any atom is 0.256 e. The molecular weight excluding hydrogens is 380 g/mol. The van der Waals surface area contributed by atoms with Crippen LogP contribution < -0.4 is 15.6 Å². The van der Waals surface area contributed by atoms with E-state index in [9.17, 15) is 4.79 Å². The van der Waals surface area contributed by atoms with Gasteiger partial charge in [0.1, 0.15) is 5.56 Å². The van der Waals surface area contributed by atoms with Crippen LogP contribution in [0.15, 0.2) is 57.9 Å². The van der Waals surface area contributed by atoms with Gasteiger partial charge in [-0.25, -0.2) is 4.99 Å². The lowest BCUT2D eigenvalue weighted by Crippen LogP contribution is -2.34. The van der Waals surface area contributed by atoms with Crippen molar-refractivity contribution in [2.45, 2.75) is 32.3 Å². The summed E-state index contributed by atoms with van der Waals surface area (Å²) in [4.78, 5) is 17.7. The lowest BCUT2D eigenvalue weighted by atomic mass is 10.1. The largest absolute Gasteiger partial charge is 0.493 e. The number of nitrogens with zero attached hydrogens (tertiary/aromatic N) is 1. The van der Waals surface area contributed by atoms with E-state index >= 15 is 0 Å². The minimum Gasteiger partial charge on any atom is -0.493 e. The average Bonchev–Trinajstić information content (AvgIpc) is 3.30. The highest BCUT2D eigenvalue weighted by atomic mass is 16.5. The molecule has 4 rings (SSSR count). The maximum absolute atomic E-state index is 13.0. The van der Waals surface area contributed by atoms with Crippen molar-refractivity contribution < 1.29 is 18.7 Å². The number of fused-ring (bicyclic) bond motifs is 1. The highest BCUT2D eigenvalue weighted by molar-refractivity contribution is 5.97. The molecule has 3 aromatic rings. The first-order chi connectivity index (χ1) is 14.7. The van der Waals surface area contributed by atoms with Crippen LogP contribution in [0.3, 0.4) is 0 Å². The molecule has 6 heteroatoms.